The minimum absolute atomic E-state index is 0.348. The van der Waals surface area contributed by atoms with Gasteiger partial charge in [0.15, 0.2) is 0 Å². The molecule has 0 aromatic rings. The van der Waals surface area contributed by atoms with Crippen molar-refractivity contribution in [2.24, 2.45) is 5.73 Å². The zero-order valence-electron chi connectivity index (χ0n) is 5.81. The van der Waals surface area contributed by atoms with Crippen molar-refractivity contribution in [2.75, 3.05) is 0 Å². The molecule has 0 spiro atoms. The molecule has 0 bridgehead atoms. The summed E-state index contributed by atoms with van der Waals surface area (Å²) in [6.07, 6.45) is 5.87. The first-order valence-electron chi connectivity index (χ1n) is 3.03. The molecule has 0 aliphatic carbocycles. The molecule has 1 unspecified atom stereocenters. The molecular formula is C7H12N2. The summed E-state index contributed by atoms with van der Waals surface area (Å²) in [5, 5.41) is 3.04. The standard InChI is InChI=1S/C7H12N2/c1-6-3-4-7(2,8)9-5-6/h3-5,9H,8H2,1-2H3. The smallest absolute Gasteiger partial charge is 0.102 e. The summed E-state index contributed by atoms with van der Waals surface area (Å²) in [5.41, 5.74) is 6.56. The summed E-state index contributed by atoms with van der Waals surface area (Å²) in [5.74, 6) is 0. The normalized spacial score (nSPS) is 33.4. The van der Waals surface area contributed by atoms with Crippen molar-refractivity contribution < 1.29 is 0 Å². The van der Waals surface area contributed by atoms with Gasteiger partial charge in [-0.2, -0.15) is 0 Å². The molecule has 0 saturated heterocycles. The molecule has 1 aliphatic heterocycles. The highest BCUT2D eigenvalue weighted by Crippen LogP contribution is 2.06. The lowest BCUT2D eigenvalue weighted by Gasteiger charge is -2.24. The van der Waals surface area contributed by atoms with Crippen LogP contribution in [-0.2, 0) is 0 Å². The van der Waals surface area contributed by atoms with Crippen LogP contribution in [0.4, 0.5) is 0 Å². The van der Waals surface area contributed by atoms with Gasteiger partial charge in [-0.05, 0) is 25.5 Å². The quantitative estimate of drug-likeness (QED) is 0.499. The summed E-state index contributed by atoms with van der Waals surface area (Å²) in [6.45, 7) is 3.95. The molecule has 0 fully saturated rings. The molecule has 1 atom stereocenters. The van der Waals surface area contributed by atoms with Gasteiger partial charge in [0.25, 0.3) is 0 Å². The summed E-state index contributed by atoms with van der Waals surface area (Å²) >= 11 is 0. The molecule has 2 nitrogen and oxygen atoms in total. The number of allylic oxidation sites excluding steroid dienone is 2. The highest BCUT2D eigenvalue weighted by Gasteiger charge is 2.12. The fourth-order valence-corrected chi connectivity index (χ4v) is 0.670. The van der Waals surface area contributed by atoms with Crippen LogP contribution in [0.25, 0.3) is 0 Å². The van der Waals surface area contributed by atoms with Crippen LogP contribution in [0.1, 0.15) is 13.8 Å². The van der Waals surface area contributed by atoms with Crippen LogP contribution >= 0.6 is 0 Å². The molecule has 50 valence electrons. The fourth-order valence-electron chi connectivity index (χ4n) is 0.670. The lowest BCUT2D eigenvalue weighted by Crippen LogP contribution is -2.47. The number of rotatable bonds is 0. The van der Waals surface area contributed by atoms with Crippen molar-refractivity contribution >= 4 is 0 Å². The Balaban J connectivity index is 2.70. The second kappa shape index (κ2) is 1.88. The number of hydrogen-bond acceptors (Lipinski definition) is 2. The maximum Gasteiger partial charge on any atom is 0.102 e. The van der Waals surface area contributed by atoms with E-state index in [1.807, 2.05) is 32.2 Å². The molecule has 1 heterocycles. The van der Waals surface area contributed by atoms with Crippen LogP contribution in [0, 0.1) is 0 Å². The van der Waals surface area contributed by atoms with Gasteiger partial charge in [0, 0.05) is 6.20 Å². The van der Waals surface area contributed by atoms with Crippen LogP contribution in [-0.4, -0.2) is 5.66 Å². The second-order valence-corrected chi connectivity index (χ2v) is 2.65. The van der Waals surface area contributed by atoms with Crippen molar-refractivity contribution in [3.63, 3.8) is 0 Å². The first-order chi connectivity index (χ1) is 4.10. The minimum Gasteiger partial charge on any atom is -0.370 e. The summed E-state index contributed by atoms with van der Waals surface area (Å²) in [4.78, 5) is 0. The molecule has 1 aliphatic rings. The number of nitrogens with one attached hydrogen (secondary N) is 1. The van der Waals surface area contributed by atoms with Gasteiger partial charge >= 0.3 is 0 Å². The van der Waals surface area contributed by atoms with E-state index in [4.69, 9.17) is 5.73 Å². The van der Waals surface area contributed by atoms with Crippen LogP contribution in [0.5, 0.6) is 0 Å². The molecule has 0 amide bonds. The zero-order valence-corrected chi connectivity index (χ0v) is 5.81. The predicted molar refractivity (Wildman–Crippen MR) is 38.6 cm³/mol. The van der Waals surface area contributed by atoms with Crippen LogP contribution in [0.15, 0.2) is 23.9 Å². The van der Waals surface area contributed by atoms with Crippen molar-refractivity contribution in [2.45, 2.75) is 19.5 Å². The van der Waals surface area contributed by atoms with Gasteiger partial charge in [0.2, 0.25) is 0 Å². The summed E-state index contributed by atoms with van der Waals surface area (Å²) in [6, 6.07) is 0. The monoisotopic (exact) mass is 124 g/mol. The Morgan fingerprint density at radius 1 is 1.67 bits per heavy atom. The molecular weight excluding hydrogens is 112 g/mol. The molecule has 3 N–H and O–H groups in total. The maximum atomic E-state index is 5.70. The highest BCUT2D eigenvalue weighted by molar-refractivity contribution is 5.24. The first-order valence-corrected chi connectivity index (χ1v) is 3.03. The Bertz CT molecular complexity index is 166. The third kappa shape index (κ3) is 1.57. The molecule has 2 heteroatoms. The lowest BCUT2D eigenvalue weighted by atomic mass is 10.1. The van der Waals surface area contributed by atoms with E-state index in [0.717, 1.165) is 0 Å². The number of dihydropyridines is 1. The average Bonchev–Trinajstić information content (AvgIpc) is 1.78. The van der Waals surface area contributed by atoms with E-state index >= 15 is 0 Å². The molecule has 0 aromatic carbocycles. The van der Waals surface area contributed by atoms with Crippen molar-refractivity contribution in [3.8, 4) is 0 Å². The van der Waals surface area contributed by atoms with Gasteiger partial charge < -0.3 is 11.1 Å². The van der Waals surface area contributed by atoms with E-state index in [9.17, 15) is 0 Å². The number of nitrogens with two attached hydrogens (primary N) is 1. The Morgan fingerprint density at radius 2 is 2.33 bits per heavy atom. The van der Waals surface area contributed by atoms with E-state index in [0.29, 0.717) is 0 Å². The van der Waals surface area contributed by atoms with Crippen LogP contribution < -0.4 is 11.1 Å². The van der Waals surface area contributed by atoms with Crippen LogP contribution in [0.3, 0.4) is 0 Å². The molecule has 1 rings (SSSR count). The van der Waals surface area contributed by atoms with Gasteiger partial charge in [0.1, 0.15) is 5.66 Å². The SMILES string of the molecule is CC1=CNC(C)(N)C=C1. The van der Waals surface area contributed by atoms with E-state index in [1.165, 1.54) is 5.57 Å². The third-order valence-corrected chi connectivity index (χ3v) is 1.30. The molecule has 0 aromatic heterocycles. The predicted octanol–water partition coefficient (Wildman–Crippen LogP) is 0.725. The van der Waals surface area contributed by atoms with E-state index in [-0.39, 0.29) is 5.66 Å². The molecule has 0 saturated carbocycles. The second-order valence-electron chi connectivity index (χ2n) is 2.65. The highest BCUT2D eigenvalue weighted by atomic mass is 15.1. The average molecular weight is 124 g/mol. The summed E-state index contributed by atoms with van der Waals surface area (Å²) in [7, 11) is 0. The fraction of sp³-hybridized carbons (Fsp3) is 0.429. The topological polar surface area (TPSA) is 38.0 Å². The van der Waals surface area contributed by atoms with E-state index in [1.54, 1.807) is 0 Å². The zero-order chi connectivity index (χ0) is 6.91. The van der Waals surface area contributed by atoms with Gasteiger partial charge in [0.05, 0.1) is 0 Å². The number of hydrogen-bond donors (Lipinski definition) is 2. The minimum atomic E-state index is -0.348. The first kappa shape index (κ1) is 6.36. The van der Waals surface area contributed by atoms with Crippen molar-refractivity contribution in [1.29, 1.82) is 0 Å². The van der Waals surface area contributed by atoms with Crippen molar-refractivity contribution in [1.82, 2.24) is 5.32 Å². The lowest BCUT2D eigenvalue weighted by molar-refractivity contribution is 0.515. The largest absolute Gasteiger partial charge is 0.370 e. The van der Waals surface area contributed by atoms with Gasteiger partial charge in [-0.15, -0.1) is 0 Å². The third-order valence-electron chi connectivity index (χ3n) is 1.30. The maximum absolute atomic E-state index is 5.70. The molecule has 9 heavy (non-hydrogen) atoms. The Labute approximate surface area is 55.4 Å². The van der Waals surface area contributed by atoms with E-state index in [2.05, 4.69) is 5.32 Å². The Kier molecular flexibility index (Phi) is 1.33. The van der Waals surface area contributed by atoms with Crippen molar-refractivity contribution in [3.05, 3.63) is 23.9 Å². The molecule has 0 radical (unpaired) electrons. The Morgan fingerprint density at radius 3 is 2.67 bits per heavy atom. The van der Waals surface area contributed by atoms with E-state index < -0.39 is 0 Å². The van der Waals surface area contributed by atoms with Gasteiger partial charge in [-0.3, -0.25) is 0 Å². The van der Waals surface area contributed by atoms with Gasteiger partial charge in [-0.25, -0.2) is 0 Å². The van der Waals surface area contributed by atoms with Crippen LogP contribution in [0.2, 0.25) is 0 Å². The van der Waals surface area contributed by atoms with Gasteiger partial charge in [-0.1, -0.05) is 6.08 Å². The Hall–Kier alpha value is -0.760. The summed E-state index contributed by atoms with van der Waals surface area (Å²) < 4.78 is 0.